The topological polar surface area (TPSA) is 85.3 Å². The third-order valence-corrected chi connectivity index (χ3v) is 5.23. The van der Waals surface area contributed by atoms with Crippen LogP contribution in [0.4, 0.5) is 0 Å². The summed E-state index contributed by atoms with van der Waals surface area (Å²) in [6.45, 7) is 0. The maximum absolute atomic E-state index is 12.6. The van der Waals surface area contributed by atoms with E-state index in [0.29, 0.717) is 23.4 Å². The highest BCUT2D eigenvalue weighted by molar-refractivity contribution is 5.94. The molecular weight excluding hydrogens is 349 g/mol. The third kappa shape index (κ3) is 3.50. The smallest absolute Gasteiger partial charge is 0.253 e. The highest BCUT2D eigenvalue weighted by Gasteiger charge is 2.39. The van der Waals surface area contributed by atoms with Crippen LogP contribution in [0, 0.1) is 11.8 Å². The lowest BCUT2D eigenvalue weighted by atomic mass is 9.67. The lowest BCUT2D eigenvalue weighted by Gasteiger charge is -2.45. The minimum absolute atomic E-state index is 0. The van der Waals surface area contributed by atoms with E-state index in [-0.39, 0.29) is 36.8 Å². The molecule has 2 bridgehead atoms. The van der Waals surface area contributed by atoms with Gasteiger partial charge in [-0.25, -0.2) is 0 Å². The van der Waals surface area contributed by atoms with Crippen molar-refractivity contribution in [1.29, 1.82) is 0 Å². The number of nitrogens with one attached hydrogen (secondary N) is 1. The molecular formula is C16H23Cl2N5O. The first-order valence-electron chi connectivity index (χ1n) is 8.06. The molecule has 4 rings (SSSR count). The maximum atomic E-state index is 12.6. The highest BCUT2D eigenvalue weighted by Crippen LogP contribution is 2.39. The summed E-state index contributed by atoms with van der Waals surface area (Å²) >= 11 is 0. The van der Waals surface area contributed by atoms with Crippen LogP contribution in [0.2, 0.25) is 0 Å². The Morgan fingerprint density at radius 2 is 1.92 bits per heavy atom. The Balaban J connectivity index is 0.00000104. The number of hydrogen-bond donors (Lipinski definition) is 2. The van der Waals surface area contributed by atoms with Crippen LogP contribution < -0.4 is 11.1 Å². The average molecular weight is 372 g/mol. The van der Waals surface area contributed by atoms with E-state index in [1.807, 2.05) is 12.1 Å². The van der Waals surface area contributed by atoms with E-state index >= 15 is 0 Å². The zero-order valence-corrected chi connectivity index (χ0v) is 14.9. The van der Waals surface area contributed by atoms with Gasteiger partial charge in [0.25, 0.3) is 5.91 Å². The van der Waals surface area contributed by atoms with E-state index in [1.165, 1.54) is 19.3 Å². The lowest BCUT2D eigenvalue weighted by Crippen LogP contribution is -2.53. The van der Waals surface area contributed by atoms with Gasteiger partial charge in [0.1, 0.15) is 6.33 Å². The van der Waals surface area contributed by atoms with E-state index < -0.39 is 0 Å². The van der Waals surface area contributed by atoms with Crippen LogP contribution >= 0.6 is 24.8 Å². The Bertz CT molecular complexity index is 693. The van der Waals surface area contributed by atoms with Gasteiger partial charge >= 0.3 is 0 Å². The van der Waals surface area contributed by atoms with Crippen molar-refractivity contribution in [1.82, 2.24) is 19.9 Å². The second-order valence-electron chi connectivity index (χ2n) is 6.70. The van der Waals surface area contributed by atoms with Gasteiger partial charge in [0, 0.05) is 18.3 Å². The van der Waals surface area contributed by atoms with E-state index in [9.17, 15) is 4.79 Å². The fraction of sp³-hybridized carbons (Fsp3) is 0.562. The quantitative estimate of drug-likeness (QED) is 0.847. The molecule has 2 saturated carbocycles. The predicted molar refractivity (Wildman–Crippen MR) is 96.8 cm³/mol. The molecule has 2 atom stereocenters. The summed E-state index contributed by atoms with van der Waals surface area (Å²) in [6, 6.07) is 4.21. The first kappa shape index (κ1) is 19.0. The minimum atomic E-state index is -0.00651. The average Bonchev–Trinajstić information content (AvgIpc) is 2.95. The number of aromatic nitrogens is 3. The summed E-state index contributed by atoms with van der Waals surface area (Å²) < 4.78 is 1.77. The van der Waals surface area contributed by atoms with Crippen LogP contribution in [-0.4, -0.2) is 32.6 Å². The Hall–Kier alpha value is -1.37. The summed E-state index contributed by atoms with van der Waals surface area (Å²) in [4.78, 5) is 12.6. The number of amides is 1. The molecule has 2 aliphatic carbocycles. The van der Waals surface area contributed by atoms with Gasteiger partial charge in [-0.3, -0.25) is 9.20 Å². The van der Waals surface area contributed by atoms with Gasteiger partial charge in [-0.15, -0.1) is 35.0 Å². The number of fused-ring (bicyclic) bond motifs is 3. The van der Waals surface area contributed by atoms with Crippen LogP contribution in [0.3, 0.4) is 0 Å². The van der Waals surface area contributed by atoms with Crippen LogP contribution in [0.25, 0.3) is 5.65 Å². The summed E-state index contributed by atoms with van der Waals surface area (Å²) in [6.07, 6.45) is 9.09. The van der Waals surface area contributed by atoms with Gasteiger partial charge < -0.3 is 11.1 Å². The fourth-order valence-electron chi connectivity index (χ4n) is 4.22. The van der Waals surface area contributed by atoms with Gasteiger partial charge in [-0.1, -0.05) is 6.42 Å². The number of pyridine rings is 1. The van der Waals surface area contributed by atoms with Gasteiger partial charge in [-0.2, -0.15) is 0 Å². The number of halogens is 2. The van der Waals surface area contributed by atoms with E-state index in [0.717, 1.165) is 18.5 Å². The third-order valence-electron chi connectivity index (χ3n) is 5.23. The molecule has 2 unspecified atom stereocenters. The number of hydrogen-bond acceptors (Lipinski definition) is 4. The van der Waals surface area contributed by atoms with Gasteiger partial charge in [0.2, 0.25) is 0 Å². The SMILES string of the molecule is Cl.Cl.NC1CC2CCCC(C1)C2NC(=O)c1ccc2nncn2c1. The summed E-state index contributed by atoms with van der Waals surface area (Å²) in [7, 11) is 0. The van der Waals surface area contributed by atoms with Gasteiger partial charge in [-0.05, 0) is 49.7 Å². The maximum Gasteiger partial charge on any atom is 0.253 e. The van der Waals surface area contributed by atoms with Crippen molar-refractivity contribution < 1.29 is 4.79 Å². The fourth-order valence-corrected chi connectivity index (χ4v) is 4.22. The molecule has 0 aromatic carbocycles. The van der Waals surface area contributed by atoms with Gasteiger partial charge in [0.05, 0.1) is 5.56 Å². The molecule has 2 aromatic heterocycles. The second-order valence-corrected chi connectivity index (χ2v) is 6.70. The second kappa shape index (κ2) is 7.68. The molecule has 24 heavy (non-hydrogen) atoms. The Morgan fingerprint density at radius 1 is 1.21 bits per heavy atom. The molecule has 6 nitrogen and oxygen atoms in total. The number of nitrogens with zero attached hydrogens (tertiary/aromatic N) is 3. The highest BCUT2D eigenvalue weighted by atomic mass is 35.5. The molecule has 132 valence electrons. The predicted octanol–water partition coefficient (Wildman–Crippen LogP) is 2.21. The molecule has 0 radical (unpaired) electrons. The van der Waals surface area contributed by atoms with Crippen LogP contribution in [0.5, 0.6) is 0 Å². The minimum Gasteiger partial charge on any atom is -0.349 e. The number of carbonyl (C=O) groups is 1. The normalized spacial score (nSPS) is 28.5. The standard InChI is InChI=1S/C16H21N5O.2ClH/c17-13-6-10-2-1-3-11(7-13)15(10)19-16(22)12-4-5-14-20-18-9-21(14)8-12;;/h4-5,8-11,13,15H,1-3,6-7,17H2,(H,19,22);2*1H. The van der Waals surface area contributed by atoms with Gasteiger partial charge in [0.15, 0.2) is 5.65 Å². The summed E-state index contributed by atoms with van der Waals surface area (Å²) in [5, 5.41) is 11.1. The molecule has 2 aromatic rings. The Labute approximate surface area is 153 Å². The molecule has 2 fully saturated rings. The van der Waals surface area contributed by atoms with E-state index in [1.54, 1.807) is 16.9 Å². The Kier molecular flexibility index (Phi) is 6.06. The molecule has 8 heteroatoms. The van der Waals surface area contributed by atoms with Crippen molar-refractivity contribution in [3.8, 4) is 0 Å². The van der Waals surface area contributed by atoms with Crippen LogP contribution in [-0.2, 0) is 0 Å². The van der Waals surface area contributed by atoms with Crippen molar-refractivity contribution in [2.24, 2.45) is 17.6 Å². The van der Waals surface area contributed by atoms with Crippen molar-refractivity contribution in [3.63, 3.8) is 0 Å². The molecule has 0 saturated heterocycles. The first-order valence-corrected chi connectivity index (χ1v) is 8.06. The van der Waals surface area contributed by atoms with Crippen molar-refractivity contribution in [2.45, 2.75) is 44.2 Å². The lowest BCUT2D eigenvalue weighted by molar-refractivity contribution is 0.0755. The molecule has 1 amide bonds. The van der Waals surface area contributed by atoms with Crippen molar-refractivity contribution >= 4 is 36.4 Å². The van der Waals surface area contributed by atoms with Crippen molar-refractivity contribution in [3.05, 3.63) is 30.2 Å². The van der Waals surface area contributed by atoms with Crippen LogP contribution in [0.15, 0.2) is 24.7 Å². The van der Waals surface area contributed by atoms with Crippen LogP contribution in [0.1, 0.15) is 42.5 Å². The zero-order valence-electron chi connectivity index (χ0n) is 13.3. The Morgan fingerprint density at radius 3 is 2.62 bits per heavy atom. The molecule has 3 N–H and O–H groups in total. The number of rotatable bonds is 2. The molecule has 0 spiro atoms. The zero-order chi connectivity index (χ0) is 15.1. The largest absolute Gasteiger partial charge is 0.349 e. The summed E-state index contributed by atoms with van der Waals surface area (Å²) in [5.74, 6) is 1.06. The summed E-state index contributed by atoms with van der Waals surface area (Å²) in [5.41, 5.74) is 7.55. The monoisotopic (exact) mass is 371 g/mol. The van der Waals surface area contributed by atoms with E-state index in [4.69, 9.17) is 5.73 Å². The van der Waals surface area contributed by atoms with Crippen molar-refractivity contribution in [2.75, 3.05) is 0 Å². The number of nitrogens with two attached hydrogens (primary N) is 1. The molecule has 2 aliphatic rings. The number of carbonyl (C=O) groups excluding carboxylic acids is 1. The first-order chi connectivity index (χ1) is 10.7. The molecule has 2 heterocycles. The molecule has 0 aliphatic heterocycles. The van der Waals surface area contributed by atoms with E-state index in [2.05, 4.69) is 15.5 Å².